The van der Waals surface area contributed by atoms with Gasteiger partial charge < -0.3 is 9.80 Å². The van der Waals surface area contributed by atoms with E-state index in [9.17, 15) is 4.11 Å². The van der Waals surface area contributed by atoms with Crippen molar-refractivity contribution in [2.24, 2.45) is 0 Å². The van der Waals surface area contributed by atoms with E-state index < -0.39 is 6.85 Å². The number of hydrogen-bond acceptors (Lipinski definition) is 2. The molecular formula is C67H75BN2. The van der Waals surface area contributed by atoms with Crippen molar-refractivity contribution in [2.75, 3.05) is 9.80 Å². The molecule has 7 aromatic carbocycles. The first-order chi connectivity index (χ1) is 34.1. The molecule has 0 atom stereocenters. The van der Waals surface area contributed by atoms with Gasteiger partial charge >= 0.3 is 0 Å². The van der Waals surface area contributed by atoms with Crippen LogP contribution in [-0.2, 0) is 32.5 Å². The van der Waals surface area contributed by atoms with Crippen LogP contribution < -0.4 is 26.2 Å². The van der Waals surface area contributed by atoms with Crippen LogP contribution in [0, 0.1) is 6.85 Å². The predicted octanol–water partition coefficient (Wildman–Crippen LogP) is 16.7. The van der Waals surface area contributed by atoms with Crippen LogP contribution >= 0.6 is 0 Å². The monoisotopic (exact) mass is 922 g/mol. The third-order valence-corrected chi connectivity index (χ3v) is 17.4. The molecule has 2 heterocycles. The van der Waals surface area contributed by atoms with Crippen molar-refractivity contribution in [1.82, 2.24) is 0 Å². The van der Waals surface area contributed by atoms with E-state index in [0.29, 0.717) is 5.56 Å². The van der Waals surface area contributed by atoms with Gasteiger partial charge in [-0.3, -0.25) is 0 Å². The minimum atomic E-state index is -2.39. The fourth-order valence-corrected chi connectivity index (χ4v) is 12.8. The average Bonchev–Trinajstić information content (AvgIpc) is 3.33. The lowest BCUT2D eigenvalue weighted by molar-refractivity contribution is 0.332. The van der Waals surface area contributed by atoms with Gasteiger partial charge in [-0.25, -0.2) is 0 Å². The van der Waals surface area contributed by atoms with Gasteiger partial charge in [-0.05, 0) is 186 Å². The maximum Gasteiger partial charge on any atom is 0.252 e. The summed E-state index contributed by atoms with van der Waals surface area (Å²) >= 11 is 0. The average molecular weight is 922 g/mol. The highest BCUT2D eigenvalue weighted by molar-refractivity contribution is 7.00. The lowest BCUT2D eigenvalue weighted by Crippen LogP contribution is -2.62. The zero-order valence-corrected chi connectivity index (χ0v) is 44.5. The number of fused-ring (bicyclic) bond motifs is 6. The summed E-state index contributed by atoms with van der Waals surface area (Å²) in [4.78, 5) is 4.93. The Morgan fingerprint density at radius 2 is 0.943 bits per heavy atom. The van der Waals surface area contributed by atoms with Crippen LogP contribution in [0.1, 0.15) is 166 Å². The predicted molar refractivity (Wildman–Crippen MR) is 304 cm³/mol. The van der Waals surface area contributed by atoms with Gasteiger partial charge in [-0.15, -0.1) is 0 Å². The molecule has 11 rings (SSSR count). The van der Waals surface area contributed by atoms with Crippen molar-refractivity contribution < 1.29 is 4.11 Å². The van der Waals surface area contributed by atoms with Crippen molar-refractivity contribution in [3.05, 3.63) is 172 Å². The highest BCUT2D eigenvalue weighted by Gasteiger charge is 2.48. The number of aryl methyl sites for hydroxylation is 1. The number of hydrogen-bond donors (Lipinski definition) is 0. The summed E-state index contributed by atoms with van der Waals surface area (Å²) in [7, 11) is 0. The van der Waals surface area contributed by atoms with Crippen LogP contribution in [0.25, 0.3) is 22.3 Å². The molecule has 0 spiro atoms. The molecule has 70 heavy (non-hydrogen) atoms. The third kappa shape index (κ3) is 7.34. The van der Waals surface area contributed by atoms with Gasteiger partial charge in [-0.2, -0.15) is 0 Å². The number of anilines is 6. The van der Waals surface area contributed by atoms with E-state index in [-0.39, 0.29) is 39.2 Å². The van der Waals surface area contributed by atoms with E-state index in [1.54, 1.807) is 0 Å². The van der Waals surface area contributed by atoms with Crippen molar-refractivity contribution in [3.63, 3.8) is 0 Å². The molecule has 3 heteroatoms. The molecule has 0 aromatic heterocycles. The molecule has 0 bridgehead atoms. The van der Waals surface area contributed by atoms with Crippen molar-refractivity contribution in [1.29, 1.82) is 0 Å². The first kappa shape index (κ1) is 43.0. The second kappa shape index (κ2) is 15.6. The van der Waals surface area contributed by atoms with E-state index in [1.807, 2.05) is 12.1 Å². The molecule has 0 saturated carbocycles. The van der Waals surface area contributed by atoms with E-state index in [2.05, 4.69) is 228 Å². The molecule has 0 N–H and O–H groups in total. The zero-order valence-electron chi connectivity index (χ0n) is 47.5. The highest BCUT2D eigenvalue weighted by atomic mass is 15.2. The molecule has 2 nitrogen and oxygen atoms in total. The second-order valence-corrected chi connectivity index (χ2v) is 26.2. The lowest BCUT2D eigenvalue weighted by Gasteiger charge is -2.48. The smallest absolute Gasteiger partial charge is 0.252 e. The maximum absolute atomic E-state index is 9.29. The Balaban J connectivity index is 1.30. The van der Waals surface area contributed by atoms with Gasteiger partial charge in [0.05, 0.1) is 5.69 Å². The number of rotatable bonds is 4. The van der Waals surface area contributed by atoms with Crippen LogP contribution in [0.4, 0.5) is 34.1 Å². The summed E-state index contributed by atoms with van der Waals surface area (Å²) in [6, 6.07) is 50.1. The number of nitrogens with zero attached hydrogens (tertiary/aromatic N) is 2. The van der Waals surface area contributed by atoms with Crippen molar-refractivity contribution >= 4 is 57.2 Å². The number of benzene rings is 7. The molecule has 4 aliphatic rings. The van der Waals surface area contributed by atoms with Gasteiger partial charge in [0.1, 0.15) is 0 Å². The van der Waals surface area contributed by atoms with Gasteiger partial charge in [0.15, 0.2) is 0 Å². The fourth-order valence-electron chi connectivity index (χ4n) is 12.8. The summed E-state index contributed by atoms with van der Waals surface area (Å²) in [5.41, 5.74) is 22.5. The standard InChI is InChI=1S/C67H75BN2/c1-42-35-59-61-60(36-42)70(56-29-25-44(62(2,3)4)37-49(56)48-24-20-19-23-47(48)43-21-17-16-18-22-43)57-30-26-45(63(5,6)7)38-54(57)68(61)55-40-52-53(67(14,15)34-33-66(52,12)13)41-58(55)69(59)46-27-28-50-51(39-46)65(10,11)32-31-64(50,8)9/h16-30,35-41H,31-34H2,1-15H3/i1D3. The Morgan fingerprint density at radius 1 is 0.429 bits per heavy atom. The van der Waals surface area contributed by atoms with E-state index in [0.717, 1.165) is 87.5 Å². The molecule has 356 valence electrons. The van der Waals surface area contributed by atoms with Crippen LogP contribution in [0.2, 0.25) is 0 Å². The largest absolute Gasteiger partial charge is 0.311 e. The Morgan fingerprint density at radius 3 is 1.56 bits per heavy atom. The molecule has 0 unspecified atom stereocenters. The third-order valence-electron chi connectivity index (χ3n) is 17.4. The molecule has 7 aromatic rings. The van der Waals surface area contributed by atoms with Crippen molar-refractivity contribution in [2.45, 2.75) is 162 Å². The minimum Gasteiger partial charge on any atom is -0.311 e. The Labute approximate surface area is 425 Å². The summed E-state index contributed by atoms with van der Waals surface area (Å²) in [6.07, 6.45) is 4.43. The molecule has 0 fully saturated rings. The van der Waals surface area contributed by atoms with E-state index in [1.165, 1.54) is 44.3 Å². The summed E-state index contributed by atoms with van der Waals surface area (Å²) in [6.45, 7) is 30.6. The molecule has 0 amide bonds. The Bertz CT molecular complexity index is 3380. The molecule has 2 aliphatic carbocycles. The molecular weight excluding hydrogens is 844 g/mol. The Kier molecular flexibility index (Phi) is 9.59. The van der Waals surface area contributed by atoms with Crippen LogP contribution in [-0.4, -0.2) is 6.71 Å². The van der Waals surface area contributed by atoms with Crippen LogP contribution in [0.5, 0.6) is 0 Å². The van der Waals surface area contributed by atoms with Crippen LogP contribution in [0.15, 0.2) is 133 Å². The summed E-state index contributed by atoms with van der Waals surface area (Å²) < 4.78 is 27.9. The minimum absolute atomic E-state index is 0.0331. The molecule has 0 saturated heterocycles. The van der Waals surface area contributed by atoms with E-state index >= 15 is 0 Å². The Hall–Kier alpha value is -5.80. The van der Waals surface area contributed by atoms with Gasteiger partial charge in [0, 0.05) is 38.1 Å². The van der Waals surface area contributed by atoms with Gasteiger partial charge in [-0.1, -0.05) is 182 Å². The SMILES string of the molecule is [2H]C([2H])([2H])c1cc2c3c(c1)N(c1ccc(C(C)(C)C)cc1-c1ccccc1-c1ccccc1)c1ccc(C(C)(C)C)cc1B3c1cc3c(cc1N2c1ccc2c(c1)C(C)(C)CCC2(C)C)C(C)(C)CCC3(C)C. The fraction of sp³-hybridized carbons (Fsp3) is 0.373. The quantitative estimate of drug-likeness (QED) is 0.162. The van der Waals surface area contributed by atoms with Gasteiger partial charge in [0.25, 0.3) is 6.71 Å². The lowest BCUT2D eigenvalue weighted by atomic mass is 9.33. The zero-order chi connectivity index (χ0) is 52.2. The molecule has 2 aliphatic heterocycles. The highest BCUT2D eigenvalue weighted by Crippen LogP contribution is 2.54. The van der Waals surface area contributed by atoms with Crippen molar-refractivity contribution in [3.8, 4) is 22.3 Å². The first-order valence-corrected chi connectivity index (χ1v) is 26.1. The summed E-state index contributed by atoms with van der Waals surface area (Å²) in [5, 5.41) is 0. The first-order valence-electron chi connectivity index (χ1n) is 27.6. The second-order valence-electron chi connectivity index (χ2n) is 26.2. The summed E-state index contributed by atoms with van der Waals surface area (Å²) in [5.74, 6) is 0. The van der Waals surface area contributed by atoms with Crippen LogP contribution in [0.3, 0.4) is 0 Å². The van der Waals surface area contributed by atoms with Gasteiger partial charge in [0.2, 0.25) is 0 Å². The normalized spacial score (nSPS) is 18.9. The maximum atomic E-state index is 9.29. The molecule has 0 radical (unpaired) electrons. The van der Waals surface area contributed by atoms with E-state index in [4.69, 9.17) is 0 Å². The topological polar surface area (TPSA) is 6.48 Å².